The number of hydrogen-bond acceptors (Lipinski definition) is 2. The van der Waals surface area contributed by atoms with Gasteiger partial charge in [-0.1, -0.05) is 6.07 Å². The van der Waals surface area contributed by atoms with E-state index in [0.29, 0.717) is 5.69 Å². The molecule has 1 aromatic carbocycles. The standard InChI is InChI=1S/C14H18N2O3/c1-10-5-6-11(13(17)18)9-12(10)15-14(19)16-7-3-2-4-8-16/h5-6,9H,2-4,7-8H2,1H3,(H,15,19)(H,17,18). The second-order valence-corrected chi connectivity index (χ2v) is 4.81. The smallest absolute Gasteiger partial charge is 0.335 e. The van der Waals surface area contributed by atoms with Gasteiger partial charge in [0.2, 0.25) is 0 Å². The van der Waals surface area contributed by atoms with Crippen LogP contribution in [0.1, 0.15) is 35.2 Å². The van der Waals surface area contributed by atoms with Gasteiger partial charge in [0.05, 0.1) is 5.56 Å². The van der Waals surface area contributed by atoms with Gasteiger partial charge in [-0.15, -0.1) is 0 Å². The third-order valence-electron chi connectivity index (χ3n) is 3.37. The first-order valence-corrected chi connectivity index (χ1v) is 6.48. The van der Waals surface area contributed by atoms with Crippen molar-refractivity contribution in [1.29, 1.82) is 0 Å². The predicted octanol–water partition coefficient (Wildman–Crippen LogP) is 2.71. The van der Waals surface area contributed by atoms with Gasteiger partial charge in [-0.2, -0.15) is 0 Å². The first-order valence-electron chi connectivity index (χ1n) is 6.48. The number of aryl methyl sites for hydroxylation is 1. The molecule has 19 heavy (non-hydrogen) atoms. The topological polar surface area (TPSA) is 69.6 Å². The number of anilines is 1. The largest absolute Gasteiger partial charge is 0.478 e. The zero-order valence-electron chi connectivity index (χ0n) is 11.0. The minimum absolute atomic E-state index is 0.148. The fraction of sp³-hybridized carbons (Fsp3) is 0.429. The average Bonchev–Trinajstić information content (AvgIpc) is 2.42. The number of nitrogens with one attached hydrogen (secondary N) is 1. The van der Waals surface area contributed by atoms with Crippen LogP contribution in [0.15, 0.2) is 18.2 Å². The lowest BCUT2D eigenvalue weighted by Crippen LogP contribution is -2.38. The Morgan fingerprint density at radius 1 is 1.21 bits per heavy atom. The van der Waals surface area contributed by atoms with Gasteiger partial charge in [-0.3, -0.25) is 0 Å². The Morgan fingerprint density at radius 3 is 2.53 bits per heavy atom. The third kappa shape index (κ3) is 3.24. The molecule has 0 aromatic heterocycles. The number of piperidine rings is 1. The van der Waals surface area contributed by atoms with E-state index in [2.05, 4.69) is 5.32 Å². The highest BCUT2D eigenvalue weighted by Gasteiger charge is 2.17. The van der Waals surface area contributed by atoms with E-state index in [1.165, 1.54) is 12.1 Å². The lowest BCUT2D eigenvalue weighted by Gasteiger charge is -2.27. The summed E-state index contributed by atoms with van der Waals surface area (Å²) >= 11 is 0. The lowest BCUT2D eigenvalue weighted by molar-refractivity contribution is 0.0697. The maximum absolute atomic E-state index is 12.1. The van der Waals surface area contributed by atoms with Crippen LogP contribution < -0.4 is 5.32 Å². The van der Waals surface area contributed by atoms with Gasteiger partial charge in [0.25, 0.3) is 0 Å². The number of nitrogens with zero attached hydrogens (tertiary/aromatic N) is 1. The van der Waals surface area contributed by atoms with Crippen molar-refractivity contribution >= 4 is 17.7 Å². The lowest BCUT2D eigenvalue weighted by atomic mass is 10.1. The van der Waals surface area contributed by atoms with Gasteiger partial charge >= 0.3 is 12.0 Å². The van der Waals surface area contributed by atoms with Crippen LogP contribution in [0.4, 0.5) is 10.5 Å². The second kappa shape index (κ2) is 5.73. The number of amides is 2. The quantitative estimate of drug-likeness (QED) is 0.861. The molecule has 1 fully saturated rings. The van der Waals surface area contributed by atoms with Crippen molar-refractivity contribution < 1.29 is 14.7 Å². The molecule has 1 saturated heterocycles. The molecule has 2 rings (SSSR count). The Labute approximate surface area is 112 Å². The van der Waals surface area contributed by atoms with Crippen molar-refractivity contribution in [2.45, 2.75) is 26.2 Å². The normalized spacial score (nSPS) is 15.1. The molecule has 1 aliphatic rings. The minimum Gasteiger partial charge on any atom is -0.478 e. The summed E-state index contributed by atoms with van der Waals surface area (Å²) in [6.45, 7) is 3.38. The molecule has 102 valence electrons. The molecule has 5 heteroatoms. The third-order valence-corrected chi connectivity index (χ3v) is 3.37. The van der Waals surface area contributed by atoms with Gasteiger partial charge in [0.15, 0.2) is 0 Å². The van der Waals surface area contributed by atoms with Crippen LogP contribution in [0.5, 0.6) is 0 Å². The molecular formula is C14H18N2O3. The zero-order valence-corrected chi connectivity index (χ0v) is 11.0. The Kier molecular flexibility index (Phi) is 4.04. The molecule has 0 atom stereocenters. The van der Waals surface area contributed by atoms with Crippen LogP contribution in [0.25, 0.3) is 0 Å². The van der Waals surface area contributed by atoms with Crippen LogP contribution >= 0.6 is 0 Å². The van der Waals surface area contributed by atoms with Crippen LogP contribution in [0.2, 0.25) is 0 Å². The molecule has 0 unspecified atom stereocenters. The highest BCUT2D eigenvalue weighted by molar-refractivity contribution is 5.94. The molecular weight excluding hydrogens is 244 g/mol. The van der Waals surface area contributed by atoms with E-state index in [0.717, 1.165) is 37.9 Å². The molecule has 2 amide bonds. The molecule has 2 N–H and O–H groups in total. The number of carboxylic acids is 1. The summed E-state index contributed by atoms with van der Waals surface area (Å²) in [6.07, 6.45) is 3.22. The van der Waals surface area contributed by atoms with E-state index >= 15 is 0 Å². The summed E-state index contributed by atoms with van der Waals surface area (Å²) in [7, 11) is 0. The fourth-order valence-corrected chi connectivity index (χ4v) is 2.18. The van der Waals surface area contributed by atoms with E-state index in [1.54, 1.807) is 11.0 Å². The number of hydrogen-bond donors (Lipinski definition) is 2. The predicted molar refractivity (Wildman–Crippen MR) is 72.6 cm³/mol. The first-order chi connectivity index (χ1) is 9.08. The number of carbonyl (C=O) groups is 2. The number of aromatic carboxylic acids is 1. The molecule has 1 aromatic rings. The van der Waals surface area contributed by atoms with Gasteiger partial charge in [-0.25, -0.2) is 9.59 Å². The van der Waals surface area contributed by atoms with Crippen molar-refractivity contribution in [3.05, 3.63) is 29.3 Å². The van der Waals surface area contributed by atoms with Crippen molar-refractivity contribution in [3.63, 3.8) is 0 Å². The van der Waals surface area contributed by atoms with Crippen LogP contribution in [0, 0.1) is 6.92 Å². The summed E-state index contributed by atoms with van der Waals surface area (Å²) in [6, 6.07) is 4.59. The summed E-state index contributed by atoms with van der Waals surface area (Å²) in [5.74, 6) is -0.992. The van der Waals surface area contributed by atoms with Crippen LogP contribution in [-0.2, 0) is 0 Å². The number of likely N-dealkylation sites (tertiary alicyclic amines) is 1. The van der Waals surface area contributed by atoms with Crippen molar-refractivity contribution in [3.8, 4) is 0 Å². The van der Waals surface area contributed by atoms with E-state index in [-0.39, 0.29) is 11.6 Å². The van der Waals surface area contributed by atoms with E-state index in [9.17, 15) is 9.59 Å². The average molecular weight is 262 g/mol. The first kappa shape index (κ1) is 13.4. The summed E-state index contributed by atoms with van der Waals surface area (Å²) < 4.78 is 0. The highest BCUT2D eigenvalue weighted by atomic mass is 16.4. The van der Waals surface area contributed by atoms with Crippen molar-refractivity contribution in [1.82, 2.24) is 4.90 Å². The number of rotatable bonds is 2. The zero-order chi connectivity index (χ0) is 13.8. The summed E-state index contributed by atoms with van der Waals surface area (Å²) in [5, 5.41) is 11.8. The molecule has 0 spiro atoms. The number of benzene rings is 1. The summed E-state index contributed by atoms with van der Waals surface area (Å²) in [4.78, 5) is 24.8. The SMILES string of the molecule is Cc1ccc(C(=O)O)cc1NC(=O)N1CCCCC1. The van der Waals surface area contributed by atoms with Gasteiger partial charge in [-0.05, 0) is 43.9 Å². The monoisotopic (exact) mass is 262 g/mol. The molecule has 1 heterocycles. The second-order valence-electron chi connectivity index (χ2n) is 4.81. The Hall–Kier alpha value is -2.04. The highest BCUT2D eigenvalue weighted by Crippen LogP contribution is 2.18. The Bertz CT molecular complexity index is 493. The molecule has 0 bridgehead atoms. The Morgan fingerprint density at radius 2 is 1.89 bits per heavy atom. The van der Waals surface area contributed by atoms with E-state index in [1.807, 2.05) is 6.92 Å². The van der Waals surface area contributed by atoms with Crippen LogP contribution in [0.3, 0.4) is 0 Å². The molecule has 0 saturated carbocycles. The maximum atomic E-state index is 12.1. The minimum atomic E-state index is -0.992. The van der Waals surface area contributed by atoms with Crippen LogP contribution in [-0.4, -0.2) is 35.1 Å². The van der Waals surface area contributed by atoms with Gasteiger partial charge < -0.3 is 15.3 Å². The van der Waals surface area contributed by atoms with Crippen molar-refractivity contribution in [2.24, 2.45) is 0 Å². The fourth-order valence-electron chi connectivity index (χ4n) is 2.18. The van der Waals surface area contributed by atoms with E-state index in [4.69, 9.17) is 5.11 Å². The van der Waals surface area contributed by atoms with Gasteiger partial charge in [0.1, 0.15) is 0 Å². The molecule has 5 nitrogen and oxygen atoms in total. The molecule has 0 radical (unpaired) electrons. The number of urea groups is 1. The molecule has 0 aliphatic carbocycles. The van der Waals surface area contributed by atoms with E-state index < -0.39 is 5.97 Å². The summed E-state index contributed by atoms with van der Waals surface area (Å²) in [5.41, 5.74) is 1.60. The maximum Gasteiger partial charge on any atom is 0.335 e. The number of carboxylic acid groups (broad SMARTS) is 1. The Balaban J connectivity index is 2.11. The van der Waals surface area contributed by atoms with Gasteiger partial charge in [0, 0.05) is 18.8 Å². The molecule has 1 aliphatic heterocycles. The van der Waals surface area contributed by atoms with Crippen molar-refractivity contribution in [2.75, 3.05) is 18.4 Å². The number of carbonyl (C=O) groups excluding carboxylic acids is 1.